The lowest BCUT2D eigenvalue weighted by Gasteiger charge is -2.16. The Hall–Kier alpha value is -3.19. The van der Waals surface area contributed by atoms with Gasteiger partial charge in [0.2, 0.25) is 0 Å². The van der Waals surface area contributed by atoms with Gasteiger partial charge in [-0.3, -0.25) is 4.79 Å². The molecule has 0 aliphatic carbocycles. The Balaban J connectivity index is 2.17. The molecule has 0 amide bonds. The molecule has 3 aromatic rings. The summed E-state index contributed by atoms with van der Waals surface area (Å²) in [6, 6.07) is 29.4. The minimum atomic E-state index is 0.799. The molecular weight excluding hydrogens is 316 g/mol. The molecule has 0 aliphatic heterocycles. The van der Waals surface area contributed by atoms with Crippen molar-refractivity contribution in [3.8, 4) is 0 Å². The molecule has 128 valence electrons. The fraction of sp³-hybridized carbons (Fsp3) is 0.0800. The number of benzene rings is 3. The summed E-state index contributed by atoms with van der Waals surface area (Å²) in [5, 5.41) is 0. The molecule has 0 fully saturated rings. The molecule has 0 radical (unpaired) electrons. The minimum absolute atomic E-state index is 0.799. The molecule has 1 nitrogen and oxygen atoms in total. The smallest absolute Gasteiger partial charge is 0.142 e. The molecule has 0 saturated heterocycles. The van der Waals surface area contributed by atoms with Crippen LogP contribution in [0.5, 0.6) is 0 Å². The number of hydrogen-bond donors (Lipinski definition) is 0. The summed E-state index contributed by atoms with van der Waals surface area (Å²) >= 11 is 0. The van der Waals surface area contributed by atoms with E-state index in [2.05, 4.69) is 79.7 Å². The van der Waals surface area contributed by atoms with Crippen LogP contribution in [0.25, 0.3) is 17.2 Å². The van der Waals surface area contributed by atoms with Crippen molar-refractivity contribution in [2.75, 3.05) is 0 Å². The molecule has 0 aromatic heterocycles. The zero-order valence-electron chi connectivity index (χ0n) is 14.9. The first-order valence-electron chi connectivity index (χ1n) is 8.89. The predicted molar refractivity (Wildman–Crippen MR) is 111 cm³/mol. The van der Waals surface area contributed by atoms with Crippen LogP contribution in [0, 0.1) is 0 Å². The Labute approximate surface area is 155 Å². The summed E-state index contributed by atoms with van der Waals surface area (Å²) in [4.78, 5) is 10.5. The van der Waals surface area contributed by atoms with Crippen LogP contribution in [0.1, 0.15) is 35.6 Å². The van der Waals surface area contributed by atoms with Crippen molar-refractivity contribution in [1.29, 1.82) is 0 Å². The average Bonchev–Trinajstić information content (AvgIpc) is 2.72. The van der Waals surface area contributed by atoms with Crippen molar-refractivity contribution in [3.05, 3.63) is 113 Å². The predicted octanol–water partition coefficient (Wildman–Crippen LogP) is 6.27. The lowest BCUT2D eigenvalue weighted by atomic mass is 9.88. The van der Waals surface area contributed by atoms with Crippen LogP contribution in [0.15, 0.2) is 91.0 Å². The van der Waals surface area contributed by atoms with E-state index in [0.717, 1.165) is 18.3 Å². The van der Waals surface area contributed by atoms with Crippen molar-refractivity contribution in [3.63, 3.8) is 0 Å². The standard InChI is InChI=1S/C25H22O/c1-2-24(21-11-5-3-6-12-21)25(22-13-7-4-8-14-22)23-17-15-20(16-18-23)10-9-19-26/h3-19H,2H2,1H3/b10-9+,25-24-. The van der Waals surface area contributed by atoms with Crippen LogP contribution >= 0.6 is 0 Å². The number of hydrogen-bond acceptors (Lipinski definition) is 1. The quantitative estimate of drug-likeness (QED) is 0.294. The van der Waals surface area contributed by atoms with Crippen molar-refractivity contribution in [2.45, 2.75) is 13.3 Å². The summed E-state index contributed by atoms with van der Waals surface area (Å²) in [6.07, 6.45) is 5.08. The highest BCUT2D eigenvalue weighted by Gasteiger charge is 2.12. The molecule has 0 bridgehead atoms. The van der Waals surface area contributed by atoms with E-state index in [1.807, 2.05) is 18.2 Å². The highest BCUT2D eigenvalue weighted by Crippen LogP contribution is 2.34. The van der Waals surface area contributed by atoms with Gasteiger partial charge in [0.1, 0.15) is 6.29 Å². The number of allylic oxidation sites excluding steroid dienone is 2. The van der Waals surface area contributed by atoms with E-state index in [4.69, 9.17) is 0 Å². The van der Waals surface area contributed by atoms with Gasteiger partial charge < -0.3 is 0 Å². The SMILES string of the molecule is CC/C(=C(\c1ccccc1)c1ccc(/C=C/C=O)cc1)c1ccccc1. The second kappa shape index (κ2) is 8.77. The Morgan fingerprint density at radius 3 is 1.81 bits per heavy atom. The van der Waals surface area contributed by atoms with Crippen molar-refractivity contribution < 1.29 is 4.79 Å². The zero-order valence-corrected chi connectivity index (χ0v) is 14.9. The Kier molecular flexibility index (Phi) is 5.95. The van der Waals surface area contributed by atoms with Gasteiger partial charge in [-0.1, -0.05) is 97.9 Å². The lowest BCUT2D eigenvalue weighted by Crippen LogP contribution is -1.95. The van der Waals surface area contributed by atoms with Crippen molar-refractivity contribution >= 4 is 23.5 Å². The fourth-order valence-electron chi connectivity index (χ4n) is 3.20. The summed E-state index contributed by atoms with van der Waals surface area (Å²) in [5.41, 5.74) is 7.24. The third-order valence-electron chi connectivity index (χ3n) is 4.41. The molecule has 0 saturated carbocycles. The zero-order chi connectivity index (χ0) is 18.2. The maximum atomic E-state index is 10.5. The van der Waals surface area contributed by atoms with Crippen LogP contribution in [0.3, 0.4) is 0 Å². The monoisotopic (exact) mass is 338 g/mol. The van der Waals surface area contributed by atoms with Gasteiger partial charge in [0.05, 0.1) is 0 Å². The maximum Gasteiger partial charge on any atom is 0.142 e. The summed E-state index contributed by atoms with van der Waals surface area (Å²) < 4.78 is 0. The number of aldehydes is 1. The van der Waals surface area contributed by atoms with Crippen LogP contribution in [-0.4, -0.2) is 6.29 Å². The molecule has 0 spiro atoms. The molecule has 0 heterocycles. The normalized spacial score (nSPS) is 12.0. The van der Waals surface area contributed by atoms with Crippen LogP contribution < -0.4 is 0 Å². The Bertz CT molecular complexity index is 901. The van der Waals surface area contributed by atoms with Gasteiger partial charge in [0, 0.05) is 0 Å². The van der Waals surface area contributed by atoms with Crippen molar-refractivity contribution in [2.24, 2.45) is 0 Å². The van der Waals surface area contributed by atoms with Gasteiger partial charge in [0.25, 0.3) is 0 Å². The molecule has 0 unspecified atom stereocenters. The Morgan fingerprint density at radius 1 is 0.731 bits per heavy atom. The van der Waals surface area contributed by atoms with Gasteiger partial charge in [-0.15, -0.1) is 0 Å². The number of carbonyl (C=O) groups is 1. The molecular formula is C25H22O. The molecule has 3 rings (SSSR count). The third kappa shape index (κ3) is 4.07. The fourth-order valence-corrected chi connectivity index (χ4v) is 3.20. The van der Waals surface area contributed by atoms with Gasteiger partial charge >= 0.3 is 0 Å². The summed E-state index contributed by atoms with van der Waals surface area (Å²) in [6.45, 7) is 2.20. The van der Waals surface area contributed by atoms with Gasteiger partial charge in [-0.2, -0.15) is 0 Å². The summed E-state index contributed by atoms with van der Waals surface area (Å²) in [5.74, 6) is 0. The highest BCUT2D eigenvalue weighted by atomic mass is 16.1. The van der Waals surface area contributed by atoms with E-state index in [1.54, 1.807) is 0 Å². The van der Waals surface area contributed by atoms with Gasteiger partial charge in [-0.05, 0) is 45.9 Å². The first-order chi connectivity index (χ1) is 12.8. The second-order valence-electron chi connectivity index (χ2n) is 6.06. The third-order valence-corrected chi connectivity index (χ3v) is 4.41. The van der Waals surface area contributed by atoms with E-state index < -0.39 is 0 Å². The summed E-state index contributed by atoms with van der Waals surface area (Å²) in [7, 11) is 0. The molecule has 3 aromatic carbocycles. The average molecular weight is 338 g/mol. The first kappa shape index (κ1) is 17.6. The first-order valence-corrected chi connectivity index (χ1v) is 8.89. The van der Waals surface area contributed by atoms with E-state index in [9.17, 15) is 4.79 Å². The molecule has 0 atom stereocenters. The topological polar surface area (TPSA) is 17.1 Å². The van der Waals surface area contributed by atoms with Gasteiger partial charge in [-0.25, -0.2) is 0 Å². The van der Waals surface area contributed by atoms with E-state index in [1.165, 1.54) is 33.9 Å². The van der Waals surface area contributed by atoms with E-state index in [-0.39, 0.29) is 0 Å². The maximum absolute atomic E-state index is 10.5. The molecule has 0 aliphatic rings. The van der Waals surface area contributed by atoms with Crippen LogP contribution in [0.2, 0.25) is 0 Å². The largest absolute Gasteiger partial charge is 0.299 e. The van der Waals surface area contributed by atoms with Crippen LogP contribution in [-0.2, 0) is 4.79 Å². The lowest BCUT2D eigenvalue weighted by molar-refractivity contribution is -0.104. The Morgan fingerprint density at radius 2 is 1.27 bits per heavy atom. The second-order valence-corrected chi connectivity index (χ2v) is 6.06. The molecule has 0 N–H and O–H groups in total. The molecule has 26 heavy (non-hydrogen) atoms. The van der Waals surface area contributed by atoms with Crippen molar-refractivity contribution in [1.82, 2.24) is 0 Å². The van der Waals surface area contributed by atoms with Crippen LogP contribution in [0.4, 0.5) is 0 Å². The van der Waals surface area contributed by atoms with Gasteiger partial charge in [0.15, 0.2) is 0 Å². The van der Waals surface area contributed by atoms with E-state index >= 15 is 0 Å². The number of rotatable bonds is 6. The highest BCUT2D eigenvalue weighted by molar-refractivity contribution is 5.98. The minimum Gasteiger partial charge on any atom is -0.299 e. The number of carbonyl (C=O) groups excluding carboxylic acids is 1. The molecule has 1 heteroatoms. The van der Waals surface area contributed by atoms with E-state index in [0.29, 0.717) is 0 Å².